The Hall–Kier alpha value is -3.18. The molecule has 5 nitrogen and oxygen atoms in total. The van der Waals surface area contributed by atoms with E-state index in [9.17, 15) is 9.59 Å². The summed E-state index contributed by atoms with van der Waals surface area (Å²) >= 11 is 5.83. The normalized spacial score (nSPS) is 10.9. The van der Waals surface area contributed by atoms with Crippen molar-refractivity contribution in [2.75, 3.05) is 13.2 Å². The van der Waals surface area contributed by atoms with Gasteiger partial charge in [0.2, 0.25) is 0 Å². The van der Waals surface area contributed by atoms with Crippen LogP contribution in [0.15, 0.2) is 66.7 Å². The number of carbonyl (C=O) groups excluding carboxylic acids is 2. The standard InChI is InChI=1S/C22H19ClN2O3/c23-18-8-5-16(6-9-18)13-14-24-21(26)15-28-22(27)12-11-19-10-7-17-3-1-2-4-20(17)25-19/h1-12H,13-15H2,(H,24,26)/b12-11+. The van der Waals surface area contributed by atoms with E-state index in [-0.39, 0.29) is 12.5 Å². The van der Waals surface area contributed by atoms with Crippen LogP contribution in [-0.2, 0) is 20.7 Å². The number of hydrogen-bond acceptors (Lipinski definition) is 4. The lowest BCUT2D eigenvalue weighted by molar-refractivity contribution is -0.143. The molecule has 142 valence electrons. The number of pyridine rings is 1. The Bertz CT molecular complexity index is 1000. The van der Waals surface area contributed by atoms with Crippen molar-refractivity contribution in [2.45, 2.75) is 6.42 Å². The molecule has 0 saturated carbocycles. The monoisotopic (exact) mass is 394 g/mol. The van der Waals surface area contributed by atoms with E-state index in [1.165, 1.54) is 6.08 Å². The zero-order valence-electron chi connectivity index (χ0n) is 15.1. The number of amides is 1. The third-order valence-electron chi connectivity index (χ3n) is 4.00. The van der Waals surface area contributed by atoms with E-state index in [1.54, 1.807) is 18.2 Å². The van der Waals surface area contributed by atoms with Crippen LogP contribution in [0.5, 0.6) is 0 Å². The number of rotatable bonds is 7. The molecule has 0 unspecified atom stereocenters. The number of halogens is 1. The van der Waals surface area contributed by atoms with Crippen molar-refractivity contribution < 1.29 is 14.3 Å². The number of nitrogens with zero attached hydrogens (tertiary/aromatic N) is 1. The van der Waals surface area contributed by atoms with E-state index in [4.69, 9.17) is 16.3 Å². The number of esters is 1. The number of fused-ring (bicyclic) bond motifs is 1. The van der Waals surface area contributed by atoms with E-state index in [2.05, 4.69) is 10.3 Å². The second kappa shape index (κ2) is 9.67. The second-order valence-corrected chi connectivity index (χ2v) is 6.53. The van der Waals surface area contributed by atoms with Crippen LogP contribution in [0.4, 0.5) is 0 Å². The molecule has 1 heterocycles. The molecule has 3 aromatic rings. The van der Waals surface area contributed by atoms with Gasteiger partial charge in [0.15, 0.2) is 6.61 Å². The number of nitrogens with one attached hydrogen (secondary N) is 1. The smallest absolute Gasteiger partial charge is 0.331 e. The lowest BCUT2D eigenvalue weighted by atomic mass is 10.1. The molecule has 0 radical (unpaired) electrons. The van der Waals surface area contributed by atoms with Gasteiger partial charge in [-0.25, -0.2) is 9.78 Å². The highest BCUT2D eigenvalue weighted by Crippen LogP contribution is 2.12. The number of ether oxygens (including phenoxy) is 1. The molecular formula is C22H19ClN2O3. The first-order valence-electron chi connectivity index (χ1n) is 8.82. The Kier molecular flexibility index (Phi) is 6.76. The largest absolute Gasteiger partial charge is 0.452 e. The quantitative estimate of drug-likeness (QED) is 0.489. The summed E-state index contributed by atoms with van der Waals surface area (Å²) in [7, 11) is 0. The van der Waals surface area contributed by atoms with Crippen LogP contribution in [0.25, 0.3) is 17.0 Å². The minimum atomic E-state index is -0.595. The molecule has 2 aromatic carbocycles. The summed E-state index contributed by atoms with van der Waals surface area (Å²) < 4.78 is 4.95. The maximum Gasteiger partial charge on any atom is 0.331 e. The first kappa shape index (κ1) is 19.6. The molecule has 1 N–H and O–H groups in total. The molecule has 0 aliphatic heterocycles. The van der Waals surface area contributed by atoms with Crippen LogP contribution in [-0.4, -0.2) is 30.0 Å². The van der Waals surface area contributed by atoms with Gasteiger partial charge in [-0.05, 0) is 42.3 Å². The van der Waals surface area contributed by atoms with Crippen LogP contribution in [0.1, 0.15) is 11.3 Å². The molecule has 0 aliphatic rings. The van der Waals surface area contributed by atoms with Crippen LogP contribution in [0, 0.1) is 0 Å². The van der Waals surface area contributed by atoms with Gasteiger partial charge in [-0.15, -0.1) is 0 Å². The lowest BCUT2D eigenvalue weighted by Crippen LogP contribution is -2.30. The third kappa shape index (κ3) is 5.93. The van der Waals surface area contributed by atoms with Crippen LogP contribution in [0.3, 0.4) is 0 Å². The van der Waals surface area contributed by atoms with Crippen LogP contribution in [0.2, 0.25) is 5.02 Å². The van der Waals surface area contributed by atoms with E-state index < -0.39 is 5.97 Å². The molecule has 0 atom stereocenters. The Morgan fingerprint density at radius 2 is 1.82 bits per heavy atom. The molecule has 3 rings (SSSR count). The summed E-state index contributed by atoms with van der Waals surface area (Å²) in [5, 5.41) is 4.41. The predicted octanol–water partition coefficient (Wildman–Crippen LogP) is 3.80. The molecule has 0 spiro atoms. The topological polar surface area (TPSA) is 68.3 Å². The van der Waals surface area contributed by atoms with Gasteiger partial charge in [0.25, 0.3) is 5.91 Å². The van der Waals surface area contributed by atoms with Crippen molar-refractivity contribution in [3.63, 3.8) is 0 Å². The minimum Gasteiger partial charge on any atom is -0.452 e. The Balaban J connectivity index is 1.40. The number of aromatic nitrogens is 1. The van der Waals surface area contributed by atoms with E-state index in [0.717, 1.165) is 16.5 Å². The Morgan fingerprint density at radius 3 is 2.64 bits per heavy atom. The fourth-order valence-corrected chi connectivity index (χ4v) is 2.69. The van der Waals surface area contributed by atoms with Gasteiger partial charge in [0, 0.05) is 23.0 Å². The summed E-state index contributed by atoms with van der Waals surface area (Å²) in [6.07, 6.45) is 3.50. The van der Waals surface area contributed by atoms with E-state index in [1.807, 2.05) is 48.5 Å². The van der Waals surface area contributed by atoms with Gasteiger partial charge in [-0.3, -0.25) is 4.79 Å². The maximum absolute atomic E-state index is 11.8. The molecule has 1 aromatic heterocycles. The molecule has 28 heavy (non-hydrogen) atoms. The van der Waals surface area contributed by atoms with Gasteiger partial charge >= 0.3 is 5.97 Å². The maximum atomic E-state index is 11.8. The highest BCUT2D eigenvalue weighted by Gasteiger charge is 2.05. The predicted molar refractivity (Wildman–Crippen MR) is 110 cm³/mol. The number of para-hydroxylation sites is 1. The SMILES string of the molecule is O=C(COC(=O)/C=C/c1ccc2ccccc2n1)NCCc1ccc(Cl)cc1. The van der Waals surface area contributed by atoms with Crippen molar-refractivity contribution >= 4 is 40.5 Å². The van der Waals surface area contributed by atoms with Crippen molar-refractivity contribution in [1.82, 2.24) is 10.3 Å². The first-order chi connectivity index (χ1) is 13.6. The molecule has 0 saturated heterocycles. The molecule has 1 amide bonds. The molecule has 0 bridgehead atoms. The van der Waals surface area contributed by atoms with Gasteiger partial charge < -0.3 is 10.1 Å². The summed E-state index contributed by atoms with van der Waals surface area (Å²) in [6, 6.07) is 18.9. The summed E-state index contributed by atoms with van der Waals surface area (Å²) in [5.41, 5.74) is 2.55. The van der Waals surface area contributed by atoms with Gasteiger partial charge in [-0.1, -0.05) is 48.0 Å². The fraction of sp³-hybridized carbons (Fsp3) is 0.136. The Morgan fingerprint density at radius 1 is 1.04 bits per heavy atom. The van der Waals surface area contributed by atoms with Gasteiger partial charge in [0.05, 0.1) is 11.2 Å². The van der Waals surface area contributed by atoms with Crippen LogP contribution < -0.4 is 5.32 Å². The average molecular weight is 395 g/mol. The molecule has 0 fully saturated rings. The highest BCUT2D eigenvalue weighted by molar-refractivity contribution is 6.30. The molecule has 6 heteroatoms. The number of carbonyl (C=O) groups is 2. The zero-order valence-corrected chi connectivity index (χ0v) is 15.9. The lowest BCUT2D eigenvalue weighted by Gasteiger charge is -2.05. The van der Waals surface area contributed by atoms with Crippen molar-refractivity contribution in [3.05, 3.63) is 83.0 Å². The average Bonchev–Trinajstić information content (AvgIpc) is 2.72. The first-order valence-corrected chi connectivity index (χ1v) is 9.20. The van der Waals surface area contributed by atoms with Crippen molar-refractivity contribution in [1.29, 1.82) is 0 Å². The fourth-order valence-electron chi connectivity index (χ4n) is 2.56. The van der Waals surface area contributed by atoms with Gasteiger partial charge in [-0.2, -0.15) is 0 Å². The summed E-state index contributed by atoms with van der Waals surface area (Å²) in [5.74, 6) is -0.942. The number of benzene rings is 2. The summed E-state index contributed by atoms with van der Waals surface area (Å²) in [4.78, 5) is 28.0. The van der Waals surface area contributed by atoms with Crippen molar-refractivity contribution in [2.24, 2.45) is 0 Å². The minimum absolute atomic E-state index is 0.324. The third-order valence-corrected chi connectivity index (χ3v) is 4.26. The number of hydrogen-bond donors (Lipinski definition) is 1. The van der Waals surface area contributed by atoms with E-state index in [0.29, 0.717) is 23.7 Å². The van der Waals surface area contributed by atoms with Gasteiger partial charge in [0.1, 0.15) is 0 Å². The Labute approximate surface area is 168 Å². The summed E-state index contributed by atoms with van der Waals surface area (Å²) in [6.45, 7) is 0.129. The van der Waals surface area contributed by atoms with E-state index >= 15 is 0 Å². The molecular weight excluding hydrogens is 376 g/mol. The van der Waals surface area contributed by atoms with Crippen LogP contribution >= 0.6 is 11.6 Å². The zero-order chi connectivity index (χ0) is 19.8. The highest BCUT2D eigenvalue weighted by atomic mass is 35.5. The van der Waals surface area contributed by atoms with Crippen molar-refractivity contribution in [3.8, 4) is 0 Å². The second-order valence-electron chi connectivity index (χ2n) is 6.10. The molecule has 0 aliphatic carbocycles.